The van der Waals surface area contributed by atoms with Crippen LogP contribution in [0.25, 0.3) is 0 Å². The van der Waals surface area contributed by atoms with E-state index in [4.69, 9.17) is 4.74 Å². The molecule has 5 heteroatoms. The second-order valence-corrected chi connectivity index (χ2v) is 4.68. The van der Waals surface area contributed by atoms with Gasteiger partial charge in [0.1, 0.15) is 11.6 Å². The standard InChI is InChI=1S/C16H16F3NO/c1-3-20-9-11-6-14(18)16(15(19)7-11)21-12-5-4-10(2)13(17)8-12/h4-8,20H,3,9H2,1-2H3. The van der Waals surface area contributed by atoms with Crippen molar-refractivity contribution in [2.75, 3.05) is 6.54 Å². The number of ether oxygens (including phenoxy) is 1. The van der Waals surface area contributed by atoms with Crippen LogP contribution in [0.5, 0.6) is 11.5 Å². The summed E-state index contributed by atoms with van der Waals surface area (Å²) in [6, 6.07) is 6.45. The average molecular weight is 295 g/mol. The van der Waals surface area contributed by atoms with Gasteiger partial charge < -0.3 is 10.1 Å². The van der Waals surface area contributed by atoms with Crippen LogP contribution in [-0.4, -0.2) is 6.54 Å². The minimum absolute atomic E-state index is 0.0512. The van der Waals surface area contributed by atoms with E-state index >= 15 is 0 Å². The first-order valence-corrected chi connectivity index (χ1v) is 6.64. The zero-order valence-electron chi connectivity index (χ0n) is 11.8. The van der Waals surface area contributed by atoms with Crippen molar-refractivity contribution in [1.82, 2.24) is 5.32 Å². The molecule has 0 bridgehead atoms. The molecule has 0 unspecified atom stereocenters. The molecule has 0 saturated heterocycles. The van der Waals surface area contributed by atoms with Crippen LogP contribution >= 0.6 is 0 Å². The van der Waals surface area contributed by atoms with Gasteiger partial charge in [0.25, 0.3) is 0 Å². The third-order valence-electron chi connectivity index (χ3n) is 3.00. The highest BCUT2D eigenvalue weighted by Crippen LogP contribution is 2.29. The molecule has 112 valence electrons. The number of rotatable bonds is 5. The zero-order chi connectivity index (χ0) is 15.4. The van der Waals surface area contributed by atoms with Gasteiger partial charge in [0.15, 0.2) is 17.4 Å². The van der Waals surface area contributed by atoms with E-state index in [2.05, 4.69) is 5.32 Å². The lowest BCUT2D eigenvalue weighted by molar-refractivity contribution is 0.403. The van der Waals surface area contributed by atoms with E-state index in [1.54, 1.807) is 6.92 Å². The van der Waals surface area contributed by atoms with Gasteiger partial charge in [-0.3, -0.25) is 0 Å². The van der Waals surface area contributed by atoms with E-state index in [0.717, 1.165) is 6.07 Å². The first-order valence-electron chi connectivity index (χ1n) is 6.64. The van der Waals surface area contributed by atoms with Gasteiger partial charge in [-0.15, -0.1) is 0 Å². The molecule has 21 heavy (non-hydrogen) atoms. The van der Waals surface area contributed by atoms with E-state index in [9.17, 15) is 13.2 Å². The normalized spacial score (nSPS) is 10.7. The Bertz CT molecular complexity index is 620. The SMILES string of the molecule is CCNCc1cc(F)c(Oc2ccc(C)c(F)c2)c(F)c1. The summed E-state index contributed by atoms with van der Waals surface area (Å²) in [5, 5.41) is 2.98. The molecule has 2 nitrogen and oxygen atoms in total. The minimum atomic E-state index is -0.816. The predicted molar refractivity (Wildman–Crippen MR) is 74.9 cm³/mol. The minimum Gasteiger partial charge on any atom is -0.451 e. The Balaban J connectivity index is 2.25. The van der Waals surface area contributed by atoms with Crippen molar-refractivity contribution in [3.63, 3.8) is 0 Å². The van der Waals surface area contributed by atoms with Gasteiger partial charge in [-0.05, 0) is 42.8 Å². The third-order valence-corrected chi connectivity index (χ3v) is 3.00. The summed E-state index contributed by atoms with van der Waals surface area (Å²) in [4.78, 5) is 0. The van der Waals surface area contributed by atoms with Gasteiger partial charge in [0.05, 0.1) is 0 Å². The topological polar surface area (TPSA) is 21.3 Å². The fourth-order valence-electron chi connectivity index (χ4n) is 1.84. The number of hydrogen-bond donors (Lipinski definition) is 1. The molecule has 0 aliphatic carbocycles. The Morgan fingerprint density at radius 1 is 1.00 bits per heavy atom. The lowest BCUT2D eigenvalue weighted by Crippen LogP contribution is -2.12. The van der Waals surface area contributed by atoms with Crippen LogP contribution in [0.3, 0.4) is 0 Å². The summed E-state index contributed by atoms with van der Waals surface area (Å²) in [5.41, 5.74) is 0.915. The quantitative estimate of drug-likeness (QED) is 0.887. The summed E-state index contributed by atoms with van der Waals surface area (Å²) in [7, 11) is 0. The van der Waals surface area contributed by atoms with E-state index < -0.39 is 23.2 Å². The van der Waals surface area contributed by atoms with Crippen molar-refractivity contribution >= 4 is 0 Å². The molecule has 0 aromatic heterocycles. The maximum Gasteiger partial charge on any atom is 0.198 e. The maximum atomic E-state index is 13.9. The van der Waals surface area contributed by atoms with Crippen LogP contribution in [0.2, 0.25) is 0 Å². The van der Waals surface area contributed by atoms with Gasteiger partial charge >= 0.3 is 0 Å². The van der Waals surface area contributed by atoms with Crippen LogP contribution in [-0.2, 0) is 6.54 Å². The van der Waals surface area contributed by atoms with Crippen molar-refractivity contribution in [3.8, 4) is 11.5 Å². The number of aryl methyl sites for hydroxylation is 1. The molecular formula is C16H16F3NO. The molecule has 0 amide bonds. The molecule has 1 N–H and O–H groups in total. The molecule has 0 atom stereocenters. The van der Waals surface area contributed by atoms with Gasteiger partial charge in [0.2, 0.25) is 0 Å². The average Bonchev–Trinajstić information content (AvgIpc) is 2.44. The largest absolute Gasteiger partial charge is 0.451 e. The Kier molecular flexibility index (Phi) is 4.85. The van der Waals surface area contributed by atoms with Crippen molar-refractivity contribution < 1.29 is 17.9 Å². The fraction of sp³-hybridized carbons (Fsp3) is 0.250. The number of halogens is 3. The Hall–Kier alpha value is -2.01. The predicted octanol–water partition coefficient (Wildman–Crippen LogP) is 4.31. The number of hydrogen-bond acceptors (Lipinski definition) is 2. The van der Waals surface area contributed by atoms with Gasteiger partial charge in [0, 0.05) is 12.6 Å². The van der Waals surface area contributed by atoms with Gasteiger partial charge in [-0.2, -0.15) is 0 Å². The summed E-state index contributed by atoms with van der Waals surface area (Å²) in [5.74, 6) is -2.60. The van der Waals surface area contributed by atoms with Gasteiger partial charge in [-0.25, -0.2) is 13.2 Å². The molecule has 2 aromatic rings. The van der Waals surface area contributed by atoms with Crippen LogP contribution in [0.15, 0.2) is 30.3 Å². The molecule has 0 fully saturated rings. The third kappa shape index (κ3) is 3.76. The summed E-state index contributed by atoms with van der Waals surface area (Å²) >= 11 is 0. The molecular weight excluding hydrogens is 279 g/mol. The van der Waals surface area contributed by atoms with Crippen molar-refractivity contribution in [2.45, 2.75) is 20.4 Å². The molecule has 2 rings (SSSR count). The molecule has 2 aromatic carbocycles. The zero-order valence-corrected chi connectivity index (χ0v) is 11.8. The summed E-state index contributed by atoms with van der Waals surface area (Å²) in [6.45, 7) is 4.56. The Morgan fingerprint density at radius 2 is 1.67 bits per heavy atom. The monoisotopic (exact) mass is 295 g/mol. The smallest absolute Gasteiger partial charge is 0.198 e. The summed E-state index contributed by atoms with van der Waals surface area (Å²) < 4.78 is 46.4. The molecule has 0 heterocycles. The van der Waals surface area contributed by atoms with E-state index in [1.165, 1.54) is 24.3 Å². The van der Waals surface area contributed by atoms with Crippen LogP contribution < -0.4 is 10.1 Å². The maximum absolute atomic E-state index is 13.9. The van der Waals surface area contributed by atoms with Crippen molar-refractivity contribution in [3.05, 3.63) is 58.9 Å². The van der Waals surface area contributed by atoms with Crippen molar-refractivity contribution in [1.29, 1.82) is 0 Å². The van der Waals surface area contributed by atoms with E-state index in [0.29, 0.717) is 24.2 Å². The van der Waals surface area contributed by atoms with Crippen LogP contribution in [0, 0.1) is 24.4 Å². The van der Waals surface area contributed by atoms with Crippen molar-refractivity contribution in [2.24, 2.45) is 0 Å². The summed E-state index contributed by atoms with van der Waals surface area (Å²) in [6.07, 6.45) is 0. The molecule has 0 aliphatic rings. The van der Waals surface area contributed by atoms with E-state index in [-0.39, 0.29) is 5.75 Å². The highest BCUT2D eigenvalue weighted by molar-refractivity contribution is 5.37. The van der Waals surface area contributed by atoms with Crippen LogP contribution in [0.4, 0.5) is 13.2 Å². The van der Waals surface area contributed by atoms with E-state index in [1.807, 2.05) is 6.92 Å². The molecule has 0 aliphatic heterocycles. The second-order valence-electron chi connectivity index (χ2n) is 4.68. The highest BCUT2D eigenvalue weighted by Gasteiger charge is 2.14. The first-order chi connectivity index (χ1) is 10.0. The lowest BCUT2D eigenvalue weighted by Gasteiger charge is -2.10. The first kappa shape index (κ1) is 15.4. The van der Waals surface area contributed by atoms with Gasteiger partial charge in [-0.1, -0.05) is 13.0 Å². The number of nitrogens with one attached hydrogen (secondary N) is 1. The molecule has 0 spiro atoms. The second kappa shape index (κ2) is 6.63. The molecule has 0 radical (unpaired) electrons. The lowest BCUT2D eigenvalue weighted by atomic mass is 10.2. The highest BCUT2D eigenvalue weighted by atomic mass is 19.1. The fourth-order valence-corrected chi connectivity index (χ4v) is 1.84. The van der Waals surface area contributed by atoms with Crippen LogP contribution in [0.1, 0.15) is 18.1 Å². The Labute approximate surface area is 121 Å². The number of benzene rings is 2. The Morgan fingerprint density at radius 3 is 2.24 bits per heavy atom. The molecule has 0 saturated carbocycles.